The highest BCUT2D eigenvalue weighted by Crippen LogP contribution is 2.26. The van der Waals surface area contributed by atoms with Crippen molar-refractivity contribution in [2.24, 2.45) is 0 Å². The van der Waals surface area contributed by atoms with Crippen LogP contribution < -0.4 is 9.62 Å². The van der Waals surface area contributed by atoms with E-state index in [1.165, 1.54) is 17.0 Å². The van der Waals surface area contributed by atoms with Gasteiger partial charge in [0, 0.05) is 16.2 Å². The van der Waals surface area contributed by atoms with Crippen molar-refractivity contribution in [2.45, 2.75) is 64.1 Å². The molecule has 208 valence electrons. The third-order valence-electron chi connectivity index (χ3n) is 6.71. The van der Waals surface area contributed by atoms with E-state index >= 15 is 0 Å². The van der Waals surface area contributed by atoms with Gasteiger partial charge < -0.3 is 10.2 Å². The summed E-state index contributed by atoms with van der Waals surface area (Å²) in [7, 11) is -4.07. The fourth-order valence-electron chi connectivity index (χ4n) is 4.19. The summed E-state index contributed by atoms with van der Waals surface area (Å²) in [5.74, 6) is -0.706. The predicted molar refractivity (Wildman–Crippen MR) is 164 cm³/mol. The fraction of sp³-hybridized carbons (Fsp3) is 0.333. The minimum absolute atomic E-state index is 0.0521. The Morgan fingerprint density at radius 3 is 2.10 bits per heavy atom. The standard InChI is InChI=1S/C30H36IN3O4S/c1-5-23(4)32-30(36)28(6-2)33(20-24-13-11-10-12-22(24)3)29(35)21-34(26-18-16-25(31)17-19-26)39(37,38)27-14-8-7-9-15-27/h7-19,23,28H,5-6,20-21H2,1-4H3,(H,32,36). The number of carbonyl (C=O) groups is 2. The Bertz CT molecular complexity index is 1360. The average molecular weight is 662 g/mol. The first kappa shape index (κ1) is 30.6. The van der Waals surface area contributed by atoms with Gasteiger partial charge in [0.15, 0.2) is 0 Å². The van der Waals surface area contributed by atoms with Crippen LogP contribution in [0.25, 0.3) is 0 Å². The number of halogens is 1. The van der Waals surface area contributed by atoms with Crippen LogP contribution in [-0.4, -0.2) is 43.8 Å². The highest BCUT2D eigenvalue weighted by molar-refractivity contribution is 14.1. The largest absolute Gasteiger partial charge is 0.352 e. The van der Waals surface area contributed by atoms with Crippen LogP contribution in [0.2, 0.25) is 0 Å². The molecule has 2 amide bonds. The molecule has 0 saturated heterocycles. The predicted octanol–water partition coefficient (Wildman–Crippen LogP) is 5.52. The Kier molecular flexibility index (Phi) is 10.9. The van der Waals surface area contributed by atoms with Crippen LogP contribution in [0.15, 0.2) is 83.8 Å². The van der Waals surface area contributed by atoms with E-state index in [0.29, 0.717) is 12.1 Å². The Morgan fingerprint density at radius 2 is 1.51 bits per heavy atom. The van der Waals surface area contributed by atoms with Gasteiger partial charge in [0.2, 0.25) is 11.8 Å². The molecule has 0 heterocycles. The van der Waals surface area contributed by atoms with E-state index in [1.54, 1.807) is 42.5 Å². The van der Waals surface area contributed by atoms with Crippen molar-refractivity contribution in [2.75, 3.05) is 10.8 Å². The van der Waals surface area contributed by atoms with Crippen molar-refractivity contribution in [3.05, 3.63) is 93.6 Å². The third-order valence-corrected chi connectivity index (χ3v) is 9.22. The Balaban J connectivity index is 2.05. The van der Waals surface area contributed by atoms with Gasteiger partial charge >= 0.3 is 0 Å². The van der Waals surface area contributed by atoms with Crippen LogP contribution in [0.3, 0.4) is 0 Å². The molecule has 2 unspecified atom stereocenters. The molecule has 7 nitrogen and oxygen atoms in total. The van der Waals surface area contributed by atoms with Gasteiger partial charge in [-0.2, -0.15) is 0 Å². The van der Waals surface area contributed by atoms with Crippen molar-refractivity contribution in [1.82, 2.24) is 10.2 Å². The first-order valence-electron chi connectivity index (χ1n) is 13.1. The van der Waals surface area contributed by atoms with Gasteiger partial charge in [-0.15, -0.1) is 0 Å². The topological polar surface area (TPSA) is 86.8 Å². The molecule has 0 aliphatic rings. The minimum atomic E-state index is -4.07. The number of nitrogens with zero attached hydrogens (tertiary/aromatic N) is 2. The molecular weight excluding hydrogens is 625 g/mol. The maximum Gasteiger partial charge on any atom is 0.264 e. The molecule has 9 heteroatoms. The number of sulfonamides is 1. The summed E-state index contributed by atoms with van der Waals surface area (Å²) in [6.45, 7) is 7.45. The summed E-state index contributed by atoms with van der Waals surface area (Å²) in [4.78, 5) is 29.0. The highest BCUT2D eigenvalue weighted by Gasteiger charge is 2.34. The number of aryl methyl sites for hydroxylation is 1. The molecule has 0 aliphatic carbocycles. The summed E-state index contributed by atoms with van der Waals surface area (Å²) in [5, 5.41) is 3.00. The molecule has 0 spiro atoms. The number of anilines is 1. The molecule has 0 aromatic heterocycles. The van der Waals surface area contributed by atoms with Crippen molar-refractivity contribution < 1.29 is 18.0 Å². The second-order valence-corrected chi connectivity index (χ2v) is 12.6. The van der Waals surface area contributed by atoms with E-state index in [4.69, 9.17) is 0 Å². The van der Waals surface area contributed by atoms with Gasteiger partial charge in [0.25, 0.3) is 10.0 Å². The molecule has 2 atom stereocenters. The zero-order valence-electron chi connectivity index (χ0n) is 22.8. The zero-order valence-corrected chi connectivity index (χ0v) is 25.8. The molecule has 0 aliphatic heterocycles. The second kappa shape index (κ2) is 13.9. The van der Waals surface area contributed by atoms with Crippen LogP contribution in [0, 0.1) is 10.5 Å². The minimum Gasteiger partial charge on any atom is -0.352 e. The third kappa shape index (κ3) is 7.82. The average Bonchev–Trinajstić information content (AvgIpc) is 2.93. The van der Waals surface area contributed by atoms with Crippen molar-refractivity contribution >= 4 is 50.1 Å². The lowest BCUT2D eigenvalue weighted by Gasteiger charge is -2.34. The van der Waals surface area contributed by atoms with Crippen LogP contribution >= 0.6 is 22.6 Å². The van der Waals surface area contributed by atoms with E-state index in [1.807, 2.05) is 52.0 Å². The van der Waals surface area contributed by atoms with Gasteiger partial charge in [0.1, 0.15) is 12.6 Å². The first-order valence-corrected chi connectivity index (χ1v) is 15.6. The lowest BCUT2D eigenvalue weighted by molar-refractivity contribution is -0.140. The van der Waals surface area contributed by atoms with Gasteiger partial charge in [-0.05, 0) is 96.8 Å². The number of hydrogen-bond donors (Lipinski definition) is 1. The normalized spacial score (nSPS) is 12.8. The van der Waals surface area contributed by atoms with Crippen LogP contribution in [-0.2, 0) is 26.2 Å². The fourth-order valence-corrected chi connectivity index (χ4v) is 5.98. The van der Waals surface area contributed by atoms with E-state index in [0.717, 1.165) is 25.4 Å². The van der Waals surface area contributed by atoms with E-state index < -0.39 is 28.5 Å². The van der Waals surface area contributed by atoms with Crippen molar-refractivity contribution in [3.63, 3.8) is 0 Å². The van der Waals surface area contributed by atoms with E-state index in [9.17, 15) is 18.0 Å². The number of rotatable bonds is 12. The molecular formula is C30H36IN3O4S. The lowest BCUT2D eigenvalue weighted by Crippen LogP contribution is -2.53. The number of benzene rings is 3. The summed E-state index contributed by atoms with van der Waals surface area (Å²) in [5.41, 5.74) is 2.26. The number of carbonyl (C=O) groups excluding carboxylic acids is 2. The quantitative estimate of drug-likeness (QED) is 0.259. The van der Waals surface area contributed by atoms with E-state index in [2.05, 4.69) is 27.9 Å². The number of amides is 2. The number of nitrogens with one attached hydrogen (secondary N) is 1. The van der Waals surface area contributed by atoms with Gasteiger partial charge in [0.05, 0.1) is 10.6 Å². The molecule has 0 bridgehead atoms. The molecule has 0 radical (unpaired) electrons. The van der Waals surface area contributed by atoms with Crippen molar-refractivity contribution in [3.8, 4) is 0 Å². The van der Waals surface area contributed by atoms with E-state index in [-0.39, 0.29) is 23.4 Å². The Morgan fingerprint density at radius 1 is 0.897 bits per heavy atom. The monoisotopic (exact) mass is 661 g/mol. The van der Waals surface area contributed by atoms with Crippen LogP contribution in [0.1, 0.15) is 44.7 Å². The van der Waals surface area contributed by atoms with Gasteiger partial charge in [-0.25, -0.2) is 8.42 Å². The van der Waals surface area contributed by atoms with Gasteiger partial charge in [-0.3, -0.25) is 13.9 Å². The summed E-state index contributed by atoms with van der Waals surface area (Å²) in [6.07, 6.45) is 1.14. The number of hydrogen-bond acceptors (Lipinski definition) is 4. The zero-order chi connectivity index (χ0) is 28.6. The SMILES string of the molecule is CCC(C)NC(=O)C(CC)N(Cc1ccccc1C)C(=O)CN(c1ccc(I)cc1)S(=O)(=O)c1ccccc1. The lowest BCUT2D eigenvalue weighted by atomic mass is 10.1. The Hall–Kier alpha value is -2.92. The van der Waals surface area contributed by atoms with Crippen molar-refractivity contribution in [1.29, 1.82) is 0 Å². The molecule has 0 fully saturated rings. The molecule has 1 N–H and O–H groups in total. The first-order chi connectivity index (χ1) is 18.6. The summed E-state index contributed by atoms with van der Waals surface area (Å²) in [6, 6.07) is 21.9. The van der Waals surface area contributed by atoms with Crippen LogP contribution in [0.5, 0.6) is 0 Å². The summed E-state index contributed by atoms with van der Waals surface area (Å²) >= 11 is 2.15. The maximum absolute atomic E-state index is 14.1. The van der Waals surface area contributed by atoms with Gasteiger partial charge in [-0.1, -0.05) is 56.3 Å². The molecule has 3 aromatic rings. The molecule has 3 rings (SSSR count). The molecule has 39 heavy (non-hydrogen) atoms. The summed E-state index contributed by atoms with van der Waals surface area (Å²) < 4.78 is 29.7. The smallest absolute Gasteiger partial charge is 0.264 e. The molecule has 0 saturated carbocycles. The van der Waals surface area contributed by atoms with Crippen LogP contribution in [0.4, 0.5) is 5.69 Å². The highest BCUT2D eigenvalue weighted by atomic mass is 127. The second-order valence-electron chi connectivity index (χ2n) is 9.49. The Labute approximate surface area is 245 Å². The maximum atomic E-state index is 14.1. The molecule has 3 aromatic carbocycles.